The Morgan fingerprint density at radius 2 is 1.76 bits per heavy atom. The number of nitrogens with zero attached hydrogens (tertiary/aromatic N) is 4. The summed E-state index contributed by atoms with van der Waals surface area (Å²) >= 11 is 0. The number of carbonyl (C=O) groups excluding carboxylic acids is 1. The van der Waals surface area contributed by atoms with E-state index in [1.54, 1.807) is 44.7 Å². The maximum atomic E-state index is 12.7. The first kappa shape index (κ1) is 22.9. The van der Waals surface area contributed by atoms with Crippen LogP contribution in [-0.2, 0) is 0 Å². The molecule has 174 valence electrons. The molecule has 1 aliphatic heterocycles. The summed E-state index contributed by atoms with van der Waals surface area (Å²) < 4.78 is 10.3. The van der Waals surface area contributed by atoms with E-state index in [0.29, 0.717) is 29.5 Å². The van der Waals surface area contributed by atoms with Crippen molar-refractivity contribution in [1.29, 1.82) is 5.26 Å². The SMILES string of the molecule is COc1ccc(Nc2nc(N3CCCC(NC(=O)c4ccc(OC)cc4)C3)cnc2C#N)cc1. The fraction of sp³-hybridized carbons (Fsp3) is 0.280. The van der Waals surface area contributed by atoms with Crippen molar-refractivity contribution < 1.29 is 14.3 Å². The monoisotopic (exact) mass is 458 g/mol. The molecular formula is C25H26N6O3. The molecule has 1 atom stereocenters. The third kappa shape index (κ3) is 5.35. The molecule has 0 saturated carbocycles. The fourth-order valence-corrected chi connectivity index (χ4v) is 3.83. The Hall–Kier alpha value is -4.32. The number of nitriles is 1. The average Bonchev–Trinajstić information content (AvgIpc) is 2.89. The second-order valence-corrected chi connectivity index (χ2v) is 7.88. The van der Waals surface area contributed by atoms with Crippen molar-refractivity contribution in [1.82, 2.24) is 15.3 Å². The summed E-state index contributed by atoms with van der Waals surface area (Å²) in [5.41, 5.74) is 1.56. The van der Waals surface area contributed by atoms with Crippen LogP contribution in [0, 0.1) is 11.3 Å². The Morgan fingerprint density at radius 3 is 2.41 bits per heavy atom. The van der Waals surface area contributed by atoms with E-state index in [-0.39, 0.29) is 17.6 Å². The summed E-state index contributed by atoms with van der Waals surface area (Å²) in [5, 5.41) is 15.8. The van der Waals surface area contributed by atoms with Gasteiger partial charge in [0.1, 0.15) is 23.4 Å². The van der Waals surface area contributed by atoms with Crippen LogP contribution in [0.3, 0.4) is 0 Å². The summed E-state index contributed by atoms with van der Waals surface area (Å²) in [6.07, 6.45) is 3.38. The molecular weight excluding hydrogens is 432 g/mol. The van der Waals surface area contributed by atoms with E-state index in [2.05, 4.69) is 31.6 Å². The first-order valence-corrected chi connectivity index (χ1v) is 11.0. The van der Waals surface area contributed by atoms with Crippen LogP contribution in [0.25, 0.3) is 0 Å². The minimum Gasteiger partial charge on any atom is -0.497 e. The van der Waals surface area contributed by atoms with E-state index in [4.69, 9.17) is 9.47 Å². The van der Waals surface area contributed by atoms with Gasteiger partial charge in [-0.3, -0.25) is 4.79 Å². The number of rotatable bonds is 7. The average molecular weight is 459 g/mol. The number of benzene rings is 2. The Balaban J connectivity index is 1.45. The summed E-state index contributed by atoms with van der Waals surface area (Å²) in [4.78, 5) is 23.7. The van der Waals surface area contributed by atoms with Crippen LogP contribution in [0.1, 0.15) is 28.9 Å². The molecule has 4 rings (SSSR count). The van der Waals surface area contributed by atoms with Gasteiger partial charge in [0, 0.05) is 30.4 Å². The van der Waals surface area contributed by atoms with Crippen LogP contribution in [-0.4, -0.2) is 49.2 Å². The normalized spacial score (nSPS) is 15.2. The molecule has 0 aliphatic carbocycles. The lowest BCUT2D eigenvalue weighted by Crippen LogP contribution is -2.48. The molecule has 0 spiro atoms. The van der Waals surface area contributed by atoms with Gasteiger partial charge in [0.15, 0.2) is 11.5 Å². The van der Waals surface area contributed by atoms with E-state index in [9.17, 15) is 10.1 Å². The van der Waals surface area contributed by atoms with Crippen molar-refractivity contribution in [2.24, 2.45) is 0 Å². The van der Waals surface area contributed by atoms with Gasteiger partial charge in [-0.25, -0.2) is 9.97 Å². The second-order valence-electron chi connectivity index (χ2n) is 7.88. The quantitative estimate of drug-likeness (QED) is 0.553. The molecule has 9 nitrogen and oxygen atoms in total. The lowest BCUT2D eigenvalue weighted by atomic mass is 10.0. The van der Waals surface area contributed by atoms with Gasteiger partial charge < -0.3 is 25.0 Å². The predicted octanol–water partition coefficient (Wildman–Crippen LogP) is 3.51. The summed E-state index contributed by atoms with van der Waals surface area (Å²) in [5.74, 6) is 2.36. The van der Waals surface area contributed by atoms with Crippen LogP contribution in [0.4, 0.5) is 17.3 Å². The van der Waals surface area contributed by atoms with Gasteiger partial charge in [-0.2, -0.15) is 5.26 Å². The van der Waals surface area contributed by atoms with Crippen LogP contribution in [0.15, 0.2) is 54.7 Å². The standard InChI is InChI=1S/C25H26N6O3/c1-33-20-9-5-17(6-10-20)25(32)29-19-4-3-13-31(16-19)23-15-27-22(14-26)24(30-23)28-18-7-11-21(34-2)12-8-18/h5-12,15,19H,3-4,13,16H2,1-2H3,(H,28,30)(H,29,32). The zero-order valence-corrected chi connectivity index (χ0v) is 19.1. The highest BCUT2D eigenvalue weighted by Gasteiger charge is 2.24. The van der Waals surface area contributed by atoms with Gasteiger partial charge >= 0.3 is 0 Å². The number of amides is 1. The minimum atomic E-state index is -0.123. The molecule has 9 heteroatoms. The first-order valence-electron chi connectivity index (χ1n) is 11.0. The lowest BCUT2D eigenvalue weighted by Gasteiger charge is -2.34. The van der Waals surface area contributed by atoms with Crippen LogP contribution < -0.4 is 25.0 Å². The highest BCUT2D eigenvalue weighted by molar-refractivity contribution is 5.94. The molecule has 1 amide bonds. The Bertz CT molecular complexity index is 1170. The molecule has 2 N–H and O–H groups in total. The van der Waals surface area contributed by atoms with Gasteiger partial charge in [0.05, 0.1) is 20.4 Å². The topological polar surface area (TPSA) is 112 Å². The Labute approximate surface area is 198 Å². The van der Waals surface area contributed by atoms with E-state index in [1.165, 1.54) is 0 Å². The maximum absolute atomic E-state index is 12.7. The number of aromatic nitrogens is 2. The number of piperidine rings is 1. The number of hydrogen-bond donors (Lipinski definition) is 2. The molecule has 1 saturated heterocycles. The molecule has 1 unspecified atom stereocenters. The van der Waals surface area contributed by atoms with E-state index in [1.807, 2.05) is 24.3 Å². The van der Waals surface area contributed by atoms with Crippen molar-refractivity contribution in [3.8, 4) is 17.6 Å². The third-order valence-electron chi connectivity index (χ3n) is 5.65. The summed E-state index contributed by atoms with van der Waals surface area (Å²) in [7, 11) is 3.20. The molecule has 2 aromatic carbocycles. The molecule has 2 heterocycles. The zero-order chi connectivity index (χ0) is 23.9. The fourth-order valence-electron chi connectivity index (χ4n) is 3.83. The number of hydrogen-bond acceptors (Lipinski definition) is 8. The first-order chi connectivity index (χ1) is 16.6. The number of carbonyl (C=O) groups is 1. The molecule has 3 aromatic rings. The summed E-state index contributed by atoms with van der Waals surface area (Å²) in [6, 6.07) is 16.4. The van der Waals surface area contributed by atoms with Crippen LogP contribution >= 0.6 is 0 Å². The number of nitrogens with one attached hydrogen (secondary N) is 2. The molecule has 0 radical (unpaired) electrons. The molecule has 1 aliphatic rings. The van der Waals surface area contributed by atoms with Gasteiger partial charge in [-0.05, 0) is 61.4 Å². The van der Waals surface area contributed by atoms with Crippen LogP contribution in [0.2, 0.25) is 0 Å². The van der Waals surface area contributed by atoms with Crippen LogP contribution in [0.5, 0.6) is 11.5 Å². The Kier molecular flexibility index (Phi) is 7.08. The highest BCUT2D eigenvalue weighted by atomic mass is 16.5. The van der Waals surface area contributed by atoms with E-state index < -0.39 is 0 Å². The predicted molar refractivity (Wildman–Crippen MR) is 129 cm³/mol. The van der Waals surface area contributed by atoms with Crippen molar-refractivity contribution in [2.45, 2.75) is 18.9 Å². The van der Waals surface area contributed by atoms with Gasteiger partial charge in [0.25, 0.3) is 5.91 Å². The van der Waals surface area contributed by atoms with Crippen molar-refractivity contribution in [3.63, 3.8) is 0 Å². The van der Waals surface area contributed by atoms with Crippen molar-refractivity contribution in [3.05, 3.63) is 66.0 Å². The Morgan fingerprint density at radius 1 is 1.09 bits per heavy atom. The molecule has 1 fully saturated rings. The smallest absolute Gasteiger partial charge is 0.251 e. The van der Waals surface area contributed by atoms with Gasteiger partial charge in [-0.1, -0.05) is 0 Å². The number of anilines is 3. The van der Waals surface area contributed by atoms with Crippen molar-refractivity contribution >= 4 is 23.2 Å². The molecule has 0 bridgehead atoms. The number of ether oxygens (including phenoxy) is 2. The van der Waals surface area contributed by atoms with E-state index in [0.717, 1.165) is 30.8 Å². The second kappa shape index (κ2) is 10.5. The third-order valence-corrected chi connectivity index (χ3v) is 5.65. The molecule has 34 heavy (non-hydrogen) atoms. The lowest BCUT2D eigenvalue weighted by molar-refractivity contribution is 0.0933. The van der Waals surface area contributed by atoms with Gasteiger partial charge in [0.2, 0.25) is 0 Å². The summed E-state index contributed by atoms with van der Waals surface area (Å²) in [6.45, 7) is 1.39. The van der Waals surface area contributed by atoms with Crippen molar-refractivity contribution in [2.75, 3.05) is 37.5 Å². The van der Waals surface area contributed by atoms with E-state index >= 15 is 0 Å². The molecule has 1 aromatic heterocycles. The minimum absolute atomic E-state index is 0.0289. The maximum Gasteiger partial charge on any atom is 0.251 e. The highest BCUT2D eigenvalue weighted by Crippen LogP contribution is 2.24. The number of methoxy groups -OCH3 is 2. The van der Waals surface area contributed by atoms with Gasteiger partial charge in [-0.15, -0.1) is 0 Å². The zero-order valence-electron chi connectivity index (χ0n) is 19.1. The largest absolute Gasteiger partial charge is 0.497 e.